The average molecular weight is 359 g/mol. The van der Waals surface area contributed by atoms with Crippen molar-refractivity contribution < 1.29 is 4.74 Å². The molecule has 2 aromatic heterocycles. The van der Waals surface area contributed by atoms with Crippen LogP contribution in [0.5, 0.6) is 5.75 Å². The van der Waals surface area contributed by atoms with Gasteiger partial charge in [-0.3, -0.25) is 0 Å². The summed E-state index contributed by atoms with van der Waals surface area (Å²) in [6.07, 6.45) is 0.878. The van der Waals surface area contributed by atoms with Crippen molar-refractivity contribution in [1.29, 1.82) is 0 Å². The van der Waals surface area contributed by atoms with Gasteiger partial charge in [0.25, 0.3) is 0 Å². The molecule has 4 aromatic rings. The zero-order valence-corrected chi connectivity index (χ0v) is 15.2. The SMILES string of the molecule is Cc1nnc2ccc(NCCc3cccc(OCc4ccccc4)c3)nn12. The zero-order valence-electron chi connectivity index (χ0n) is 15.2. The van der Waals surface area contributed by atoms with Crippen LogP contribution in [0.1, 0.15) is 17.0 Å². The summed E-state index contributed by atoms with van der Waals surface area (Å²) in [5.74, 6) is 2.47. The highest BCUT2D eigenvalue weighted by molar-refractivity contribution is 5.44. The van der Waals surface area contributed by atoms with Crippen LogP contribution in [0.15, 0.2) is 66.7 Å². The normalized spacial score (nSPS) is 10.9. The summed E-state index contributed by atoms with van der Waals surface area (Å²) < 4.78 is 7.64. The Balaban J connectivity index is 1.33. The Morgan fingerprint density at radius 1 is 0.926 bits per heavy atom. The van der Waals surface area contributed by atoms with E-state index in [0.717, 1.165) is 41.6 Å². The number of nitrogens with one attached hydrogen (secondary N) is 1. The lowest BCUT2D eigenvalue weighted by atomic mass is 10.1. The first-order chi connectivity index (χ1) is 13.3. The van der Waals surface area contributed by atoms with Gasteiger partial charge in [0.05, 0.1) is 0 Å². The van der Waals surface area contributed by atoms with Crippen LogP contribution in [0.4, 0.5) is 5.82 Å². The standard InChI is InChI=1S/C21H21N5O/c1-16-23-24-21-11-10-20(25-26(16)21)22-13-12-17-8-5-9-19(14-17)27-15-18-6-3-2-4-7-18/h2-11,14H,12-13,15H2,1H3,(H,22,25). The molecule has 1 N–H and O–H groups in total. The Hall–Kier alpha value is -3.41. The Bertz CT molecular complexity index is 1030. The van der Waals surface area contributed by atoms with Gasteiger partial charge in [0, 0.05) is 6.54 Å². The van der Waals surface area contributed by atoms with Gasteiger partial charge < -0.3 is 10.1 Å². The van der Waals surface area contributed by atoms with Crippen LogP contribution in [-0.4, -0.2) is 26.4 Å². The second-order valence-electron chi connectivity index (χ2n) is 6.33. The smallest absolute Gasteiger partial charge is 0.178 e. The molecule has 6 heteroatoms. The highest BCUT2D eigenvalue weighted by Gasteiger charge is 2.03. The van der Waals surface area contributed by atoms with Gasteiger partial charge in [-0.1, -0.05) is 42.5 Å². The molecule has 2 aromatic carbocycles. The zero-order chi connectivity index (χ0) is 18.5. The number of nitrogens with zero attached hydrogens (tertiary/aromatic N) is 4. The third-order valence-electron chi connectivity index (χ3n) is 4.29. The predicted octanol–water partition coefficient (Wildman–Crippen LogP) is 3.67. The summed E-state index contributed by atoms with van der Waals surface area (Å²) in [4.78, 5) is 0. The minimum absolute atomic E-state index is 0.574. The second-order valence-corrected chi connectivity index (χ2v) is 6.33. The Morgan fingerprint density at radius 2 is 1.78 bits per heavy atom. The van der Waals surface area contributed by atoms with E-state index in [1.807, 2.05) is 49.4 Å². The molecule has 27 heavy (non-hydrogen) atoms. The number of benzene rings is 2. The molecule has 0 spiro atoms. The third-order valence-corrected chi connectivity index (χ3v) is 4.29. The van der Waals surface area contributed by atoms with Gasteiger partial charge in [0.1, 0.15) is 18.2 Å². The van der Waals surface area contributed by atoms with E-state index in [0.29, 0.717) is 6.61 Å². The molecule has 0 unspecified atom stereocenters. The first-order valence-electron chi connectivity index (χ1n) is 8.96. The van der Waals surface area contributed by atoms with E-state index in [9.17, 15) is 0 Å². The van der Waals surface area contributed by atoms with Gasteiger partial charge >= 0.3 is 0 Å². The lowest BCUT2D eigenvalue weighted by Gasteiger charge is -2.09. The molecule has 0 atom stereocenters. The lowest BCUT2D eigenvalue weighted by Crippen LogP contribution is -2.08. The molecule has 0 aliphatic rings. The maximum Gasteiger partial charge on any atom is 0.178 e. The monoisotopic (exact) mass is 359 g/mol. The van der Waals surface area contributed by atoms with E-state index >= 15 is 0 Å². The lowest BCUT2D eigenvalue weighted by molar-refractivity contribution is 0.306. The summed E-state index contributed by atoms with van der Waals surface area (Å²) >= 11 is 0. The van der Waals surface area contributed by atoms with Crippen molar-refractivity contribution in [2.45, 2.75) is 20.0 Å². The fourth-order valence-electron chi connectivity index (χ4n) is 2.86. The van der Waals surface area contributed by atoms with Crippen molar-refractivity contribution in [1.82, 2.24) is 19.8 Å². The number of rotatable bonds is 7. The van der Waals surface area contributed by atoms with Gasteiger partial charge in [-0.05, 0) is 48.7 Å². The molecule has 0 radical (unpaired) electrons. The van der Waals surface area contributed by atoms with Gasteiger partial charge in [-0.2, -0.15) is 4.52 Å². The van der Waals surface area contributed by atoms with Gasteiger partial charge in [-0.25, -0.2) is 0 Å². The van der Waals surface area contributed by atoms with Crippen molar-refractivity contribution in [3.8, 4) is 5.75 Å². The average Bonchev–Trinajstić information content (AvgIpc) is 3.08. The van der Waals surface area contributed by atoms with E-state index in [2.05, 4.69) is 44.9 Å². The summed E-state index contributed by atoms with van der Waals surface area (Å²) in [6, 6.07) is 22.2. The van der Waals surface area contributed by atoms with Crippen LogP contribution < -0.4 is 10.1 Å². The molecule has 0 aliphatic carbocycles. The number of hydrogen-bond donors (Lipinski definition) is 1. The molecular formula is C21H21N5O. The van der Waals surface area contributed by atoms with E-state index < -0.39 is 0 Å². The number of fused-ring (bicyclic) bond motifs is 1. The fraction of sp³-hybridized carbons (Fsp3) is 0.190. The highest BCUT2D eigenvalue weighted by Crippen LogP contribution is 2.16. The van der Waals surface area contributed by atoms with Crippen LogP contribution in [0.25, 0.3) is 5.65 Å². The maximum absolute atomic E-state index is 5.90. The van der Waals surface area contributed by atoms with Crippen molar-refractivity contribution in [2.75, 3.05) is 11.9 Å². The largest absolute Gasteiger partial charge is 0.489 e. The molecule has 2 heterocycles. The number of anilines is 1. The van der Waals surface area contributed by atoms with E-state index in [-0.39, 0.29) is 0 Å². The van der Waals surface area contributed by atoms with Crippen LogP contribution in [0.3, 0.4) is 0 Å². The van der Waals surface area contributed by atoms with Crippen LogP contribution in [0.2, 0.25) is 0 Å². The molecule has 0 fully saturated rings. The van der Waals surface area contributed by atoms with E-state index in [4.69, 9.17) is 4.74 Å². The molecule has 0 amide bonds. The van der Waals surface area contributed by atoms with Crippen LogP contribution in [0, 0.1) is 6.92 Å². The van der Waals surface area contributed by atoms with Crippen molar-refractivity contribution in [3.63, 3.8) is 0 Å². The second kappa shape index (κ2) is 7.86. The minimum atomic E-state index is 0.574. The highest BCUT2D eigenvalue weighted by atomic mass is 16.5. The maximum atomic E-state index is 5.90. The number of aryl methyl sites for hydroxylation is 1. The molecule has 0 bridgehead atoms. The molecule has 0 aliphatic heterocycles. The van der Waals surface area contributed by atoms with Gasteiger partial charge in [0.15, 0.2) is 11.5 Å². The third kappa shape index (κ3) is 4.23. The quantitative estimate of drug-likeness (QED) is 0.545. The minimum Gasteiger partial charge on any atom is -0.489 e. The summed E-state index contributed by atoms with van der Waals surface area (Å²) in [5.41, 5.74) is 3.13. The first kappa shape index (κ1) is 17.0. The Kier molecular flexibility index (Phi) is 4.96. The molecule has 6 nitrogen and oxygen atoms in total. The molecular weight excluding hydrogens is 338 g/mol. The Morgan fingerprint density at radius 3 is 2.67 bits per heavy atom. The summed E-state index contributed by atoms with van der Waals surface area (Å²) in [5, 5.41) is 15.9. The summed E-state index contributed by atoms with van der Waals surface area (Å²) in [7, 11) is 0. The van der Waals surface area contributed by atoms with Crippen LogP contribution in [-0.2, 0) is 13.0 Å². The van der Waals surface area contributed by atoms with Crippen molar-refractivity contribution in [3.05, 3.63) is 83.7 Å². The molecule has 4 rings (SSSR count). The van der Waals surface area contributed by atoms with Gasteiger partial charge in [0.2, 0.25) is 0 Å². The summed E-state index contributed by atoms with van der Waals surface area (Å²) in [6.45, 7) is 3.24. The van der Waals surface area contributed by atoms with Crippen molar-refractivity contribution >= 4 is 11.5 Å². The molecule has 136 valence electrons. The molecule has 0 saturated carbocycles. The Labute approximate surface area is 157 Å². The number of aromatic nitrogens is 4. The first-order valence-corrected chi connectivity index (χ1v) is 8.96. The van der Waals surface area contributed by atoms with Crippen molar-refractivity contribution in [2.24, 2.45) is 0 Å². The van der Waals surface area contributed by atoms with Gasteiger partial charge in [-0.15, -0.1) is 15.3 Å². The fourth-order valence-corrected chi connectivity index (χ4v) is 2.86. The number of ether oxygens (including phenoxy) is 1. The van der Waals surface area contributed by atoms with Crippen LogP contribution >= 0.6 is 0 Å². The number of hydrogen-bond acceptors (Lipinski definition) is 5. The van der Waals surface area contributed by atoms with E-state index in [1.54, 1.807) is 4.52 Å². The topological polar surface area (TPSA) is 64.3 Å². The molecule has 0 saturated heterocycles. The van der Waals surface area contributed by atoms with E-state index in [1.165, 1.54) is 5.56 Å². The predicted molar refractivity (Wildman–Crippen MR) is 105 cm³/mol.